The van der Waals surface area contributed by atoms with Crippen LogP contribution in [0.25, 0.3) is 5.82 Å². The molecule has 2 aliphatic rings. The topological polar surface area (TPSA) is 96.2 Å². The Kier molecular flexibility index (Phi) is 2.83. The molecular weight excluding hydrogens is 298 g/mol. The summed E-state index contributed by atoms with van der Waals surface area (Å²) in [5.41, 5.74) is -0.852. The fourth-order valence-corrected chi connectivity index (χ4v) is 3.05. The zero-order valence-electron chi connectivity index (χ0n) is 12.5. The molecule has 2 aromatic rings. The van der Waals surface area contributed by atoms with Gasteiger partial charge in [0.25, 0.3) is 5.91 Å². The molecule has 23 heavy (non-hydrogen) atoms. The van der Waals surface area contributed by atoms with Crippen LogP contribution in [0.15, 0.2) is 30.9 Å². The highest BCUT2D eigenvalue weighted by atomic mass is 16.2. The molecule has 1 N–H and O–H groups in total. The smallest absolute Gasteiger partial charge is 0.324 e. The molecular formula is C14H15N7O2. The summed E-state index contributed by atoms with van der Waals surface area (Å²) < 4.78 is 1.62. The first-order valence-electron chi connectivity index (χ1n) is 7.26. The SMILES string of the molecule is CN1C(=O)NC2(CCN(c3cncc(-n4cccn4)n3)C2)C1=O. The van der Waals surface area contributed by atoms with E-state index >= 15 is 0 Å². The molecule has 1 atom stereocenters. The maximum absolute atomic E-state index is 12.3. The van der Waals surface area contributed by atoms with Gasteiger partial charge in [-0.3, -0.25) is 14.7 Å². The first-order chi connectivity index (χ1) is 11.1. The second-order valence-corrected chi connectivity index (χ2v) is 5.73. The van der Waals surface area contributed by atoms with Gasteiger partial charge < -0.3 is 10.2 Å². The van der Waals surface area contributed by atoms with Gasteiger partial charge in [-0.1, -0.05) is 0 Å². The van der Waals surface area contributed by atoms with Gasteiger partial charge in [-0.15, -0.1) is 0 Å². The number of aromatic nitrogens is 4. The first-order valence-corrected chi connectivity index (χ1v) is 7.26. The standard InChI is InChI=1S/C14H15N7O2/c1-19-12(22)14(18-13(19)23)3-6-20(9-14)10-7-15-8-11(17-10)21-5-2-4-16-21/h2,4-5,7-8H,3,6,9H2,1H3,(H,18,23). The second-order valence-electron chi connectivity index (χ2n) is 5.73. The largest absolute Gasteiger partial charge is 0.352 e. The zero-order chi connectivity index (χ0) is 16.0. The Balaban J connectivity index is 1.60. The molecule has 2 aromatic heterocycles. The van der Waals surface area contributed by atoms with Crippen molar-refractivity contribution in [1.82, 2.24) is 30.0 Å². The lowest BCUT2D eigenvalue weighted by Crippen LogP contribution is -2.49. The Morgan fingerprint density at radius 2 is 2.09 bits per heavy atom. The van der Waals surface area contributed by atoms with Crippen molar-refractivity contribution < 1.29 is 9.59 Å². The highest BCUT2D eigenvalue weighted by Crippen LogP contribution is 2.30. The summed E-state index contributed by atoms with van der Waals surface area (Å²) in [5.74, 6) is 1.07. The summed E-state index contributed by atoms with van der Waals surface area (Å²) in [5, 5.41) is 6.94. The van der Waals surface area contributed by atoms with Crippen molar-refractivity contribution in [3.63, 3.8) is 0 Å². The Morgan fingerprint density at radius 3 is 2.78 bits per heavy atom. The number of hydrogen-bond donors (Lipinski definition) is 1. The Labute approximate surface area is 131 Å². The quantitative estimate of drug-likeness (QED) is 0.771. The van der Waals surface area contributed by atoms with Crippen molar-refractivity contribution in [2.24, 2.45) is 0 Å². The van der Waals surface area contributed by atoms with Gasteiger partial charge in [-0.05, 0) is 12.5 Å². The highest BCUT2D eigenvalue weighted by Gasteiger charge is 2.53. The molecule has 0 aliphatic carbocycles. The molecule has 4 rings (SSSR count). The van der Waals surface area contributed by atoms with Gasteiger partial charge in [0.1, 0.15) is 11.4 Å². The van der Waals surface area contributed by atoms with Crippen LogP contribution in [-0.4, -0.2) is 62.3 Å². The zero-order valence-corrected chi connectivity index (χ0v) is 12.5. The molecule has 2 fully saturated rings. The van der Waals surface area contributed by atoms with Crippen molar-refractivity contribution in [2.45, 2.75) is 12.0 Å². The summed E-state index contributed by atoms with van der Waals surface area (Å²) in [7, 11) is 1.49. The van der Waals surface area contributed by atoms with Crippen molar-refractivity contribution in [3.8, 4) is 5.82 Å². The van der Waals surface area contributed by atoms with Gasteiger partial charge in [-0.2, -0.15) is 5.10 Å². The number of urea groups is 1. The molecule has 118 valence electrons. The Hall–Kier alpha value is -2.97. The molecule has 2 aliphatic heterocycles. The lowest BCUT2D eigenvalue weighted by atomic mass is 9.99. The van der Waals surface area contributed by atoms with Crippen LogP contribution in [0.4, 0.5) is 10.6 Å². The molecule has 1 spiro atoms. The Morgan fingerprint density at radius 1 is 1.26 bits per heavy atom. The molecule has 0 bridgehead atoms. The fraction of sp³-hybridized carbons (Fsp3) is 0.357. The van der Waals surface area contributed by atoms with Crippen molar-refractivity contribution in [1.29, 1.82) is 0 Å². The third-order valence-corrected chi connectivity index (χ3v) is 4.31. The van der Waals surface area contributed by atoms with E-state index in [0.717, 1.165) is 4.90 Å². The third-order valence-electron chi connectivity index (χ3n) is 4.31. The molecule has 2 saturated heterocycles. The lowest BCUT2D eigenvalue weighted by Gasteiger charge is -2.22. The van der Waals surface area contributed by atoms with Crippen LogP contribution >= 0.6 is 0 Å². The Bertz CT molecular complexity index is 775. The average molecular weight is 313 g/mol. The maximum Gasteiger partial charge on any atom is 0.324 e. The molecule has 9 heteroatoms. The molecule has 0 saturated carbocycles. The average Bonchev–Trinajstić information content (AvgIpc) is 3.27. The van der Waals surface area contributed by atoms with Crippen LogP contribution in [0.3, 0.4) is 0 Å². The monoisotopic (exact) mass is 313 g/mol. The van der Waals surface area contributed by atoms with E-state index in [4.69, 9.17) is 0 Å². The number of carbonyl (C=O) groups is 2. The normalized spacial score (nSPS) is 23.9. The van der Waals surface area contributed by atoms with E-state index in [2.05, 4.69) is 20.4 Å². The molecule has 3 amide bonds. The summed E-state index contributed by atoms with van der Waals surface area (Å²) in [6.07, 6.45) is 7.28. The first kappa shape index (κ1) is 13.7. The predicted octanol–water partition coefficient (Wildman–Crippen LogP) is -0.207. The summed E-state index contributed by atoms with van der Waals surface area (Å²) in [6.45, 7) is 1.01. The minimum absolute atomic E-state index is 0.193. The van der Waals surface area contributed by atoms with Gasteiger partial charge in [0.05, 0.1) is 18.9 Å². The van der Waals surface area contributed by atoms with Crippen LogP contribution in [-0.2, 0) is 4.79 Å². The minimum atomic E-state index is -0.852. The van der Waals surface area contributed by atoms with Gasteiger partial charge in [0, 0.05) is 26.0 Å². The number of amides is 3. The number of hydrogen-bond acceptors (Lipinski definition) is 6. The summed E-state index contributed by atoms with van der Waals surface area (Å²) in [4.78, 5) is 35.9. The van der Waals surface area contributed by atoms with E-state index in [9.17, 15) is 9.59 Å². The van der Waals surface area contributed by atoms with E-state index < -0.39 is 5.54 Å². The molecule has 0 radical (unpaired) electrons. The van der Waals surface area contributed by atoms with Gasteiger partial charge >= 0.3 is 6.03 Å². The van der Waals surface area contributed by atoms with Crippen LogP contribution < -0.4 is 10.2 Å². The summed E-state index contributed by atoms with van der Waals surface area (Å²) in [6, 6.07) is 1.45. The van der Waals surface area contributed by atoms with Gasteiger partial charge in [-0.25, -0.2) is 14.5 Å². The number of likely N-dealkylation sites (N-methyl/N-ethyl adjacent to an activating group) is 1. The maximum atomic E-state index is 12.3. The van der Waals surface area contributed by atoms with Crippen LogP contribution in [0, 0.1) is 0 Å². The van der Waals surface area contributed by atoms with Crippen LogP contribution in [0.1, 0.15) is 6.42 Å². The van der Waals surface area contributed by atoms with E-state index in [0.29, 0.717) is 31.1 Å². The van der Waals surface area contributed by atoms with Gasteiger partial charge in [0.15, 0.2) is 5.82 Å². The van der Waals surface area contributed by atoms with Crippen LogP contribution in [0.5, 0.6) is 0 Å². The number of nitrogens with one attached hydrogen (secondary N) is 1. The number of anilines is 1. The van der Waals surface area contributed by atoms with E-state index in [1.807, 2.05) is 11.0 Å². The molecule has 9 nitrogen and oxygen atoms in total. The van der Waals surface area contributed by atoms with Crippen molar-refractivity contribution in [2.75, 3.05) is 25.0 Å². The van der Waals surface area contributed by atoms with Gasteiger partial charge in [0.2, 0.25) is 0 Å². The predicted molar refractivity (Wildman–Crippen MR) is 80.0 cm³/mol. The minimum Gasteiger partial charge on any atom is -0.352 e. The van der Waals surface area contributed by atoms with Crippen molar-refractivity contribution in [3.05, 3.63) is 30.9 Å². The molecule has 0 aromatic carbocycles. The number of carbonyl (C=O) groups excluding carboxylic acids is 2. The fourth-order valence-electron chi connectivity index (χ4n) is 3.05. The van der Waals surface area contributed by atoms with E-state index in [1.165, 1.54) is 7.05 Å². The summed E-state index contributed by atoms with van der Waals surface area (Å²) >= 11 is 0. The number of rotatable bonds is 2. The lowest BCUT2D eigenvalue weighted by molar-refractivity contribution is -0.129. The molecule has 4 heterocycles. The number of imide groups is 1. The van der Waals surface area contributed by atoms with Crippen LogP contribution in [0.2, 0.25) is 0 Å². The molecule has 1 unspecified atom stereocenters. The van der Waals surface area contributed by atoms with Crippen molar-refractivity contribution >= 4 is 17.8 Å². The number of nitrogens with zero attached hydrogens (tertiary/aromatic N) is 6. The van der Waals surface area contributed by atoms with E-state index in [1.54, 1.807) is 29.5 Å². The highest BCUT2D eigenvalue weighted by molar-refractivity contribution is 6.07. The third kappa shape index (κ3) is 2.04. The van der Waals surface area contributed by atoms with E-state index in [-0.39, 0.29) is 11.9 Å². The second kappa shape index (κ2) is 4.77.